The summed E-state index contributed by atoms with van der Waals surface area (Å²) in [6.45, 7) is 5.01. The highest BCUT2D eigenvalue weighted by molar-refractivity contribution is 5.96. The highest BCUT2D eigenvalue weighted by atomic mass is 16.2. The van der Waals surface area contributed by atoms with E-state index in [9.17, 15) is 14.4 Å². The fraction of sp³-hybridized carbons (Fsp3) is 0.438. The minimum atomic E-state index is -0.638. The number of amides is 4. The third-order valence-electron chi connectivity index (χ3n) is 3.48. The molecule has 0 saturated heterocycles. The minimum absolute atomic E-state index is 0.127. The number of carbonyl (C=O) groups is 3. The molecule has 1 aromatic rings. The van der Waals surface area contributed by atoms with Gasteiger partial charge in [-0.2, -0.15) is 0 Å². The number of rotatable bonds is 7. The molecule has 1 unspecified atom stereocenters. The first kappa shape index (κ1) is 18.6. The summed E-state index contributed by atoms with van der Waals surface area (Å²) in [6.07, 6.45) is 0. The van der Waals surface area contributed by atoms with Crippen molar-refractivity contribution < 1.29 is 19.3 Å². The fourth-order valence-electron chi connectivity index (χ4n) is 2.36. The van der Waals surface area contributed by atoms with Gasteiger partial charge in [-0.1, -0.05) is 30.3 Å². The molecular formula is C16H25N4O3+. The van der Waals surface area contributed by atoms with Gasteiger partial charge in [0.25, 0.3) is 11.8 Å². The number of urea groups is 1. The first-order valence-corrected chi connectivity index (χ1v) is 7.72. The molecule has 0 spiro atoms. The molecular weight excluding hydrogens is 296 g/mol. The number of hydrogen-bond donors (Lipinski definition) is 4. The van der Waals surface area contributed by atoms with Crippen LogP contribution >= 0.6 is 0 Å². The predicted octanol–water partition coefficient (Wildman–Crippen LogP) is -0.776. The summed E-state index contributed by atoms with van der Waals surface area (Å²) in [5.74, 6) is -0.560. The van der Waals surface area contributed by atoms with Gasteiger partial charge in [-0.3, -0.25) is 14.9 Å². The minimum Gasteiger partial charge on any atom is -0.351 e. The third-order valence-corrected chi connectivity index (χ3v) is 3.48. The quantitative estimate of drug-likeness (QED) is 0.531. The van der Waals surface area contributed by atoms with Gasteiger partial charge >= 0.3 is 6.03 Å². The Bertz CT molecular complexity index is 533. The van der Waals surface area contributed by atoms with Crippen LogP contribution in [0.25, 0.3) is 0 Å². The Labute approximate surface area is 136 Å². The van der Waals surface area contributed by atoms with Gasteiger partial charge in [0, 0.05) is 19.2 Å². The molecule has 4 amide bonds. The average molecular weight is 321 g/mol. The van der Waals surface area contributed by atoms with Crippen molar-refractivity contribution in [3.63, 3.8) is 0 Å². The van der Waals surface area contributed by atoms with Crippen LogP contribution in [0, 0.1) is 0 Å². The second-order valence-corrected chi connectivity index (χ2v) is 5.05. The lowest BCUT2D eigenvalue weighted by atomic mass is 10.0. The number of benzene rings is 1. The van der Waals surface area contributed by atoms with Crippen molar-refractivity contribution in [2.45, 2.75) is 19.9 Å². The molecule has 1 aromatic carbocycles. The Hall–Kier alpha value is -2.41. The van der Waals surface area contributed by atoms with Crippen LogP contribution in [-0.2, 0) is 9.59 Å². The second kappa shape index (κ2) is 9.58. The zero-order chi connectivity index (χ0) is 17.2. The summed E-state index contributed by atoms with van der Waals surface area (Å²) in [5, 5.41) is 7.40. The van der Waals surface area contributed by atoms with Crippen molar-refractivity contribution in [3.05, 3.63) is 35.9 Å². The smallest absolute Gasteiger partial charge is 0.321 e. The summed E-state index contributed by atoms with van der Waals surface area (Å²) in [4.78, 5) is 36.7. The Balaban J connectivity index is 3.03. The Kier molecular flexibility index (Phi) is 7.76. The normalized spacial score (nSPS) is 12.8. The van der Waals surface area contributed by atoms with Crippen LogP contribution in [0.1, 0.15) is 25.5 Å². The lowest BCUT2D eigenvalue weighted by molar-refractivity contribution is -0.912. The van der Waals surface area contributed by atoms with E-state index in [2.05, 4.69) is 16.0 Å². The van der Waals surface area contributed by atoms with E-state index < -0.39 is 18.0 Å². The number of carbonyl (C=O) groups excluding carboxylic acids is 3. The number of quaternary nitrogens is 1. The molecule has 2 atom stereocenters. The SMILES string of the molecule is CCNC(=O)C[NH+](CC)[C@@H](C(=O)NC(=O)NC)c1ccccc1. The van der Waals surface area contributed by atoms with Gasteiger partial charge in [0.1, 0.15) is 0 Å². The number of nitrogens with one attached hydrogen (secondary N) is 4. The Morgan fingerprint density at radius 3 is 2.30 bits per heavy atom. The van der Waals surface area contributed by atoms with Crippen LogP contribution in [0.5, 0.6) is 0 Å². The first-order valence-electron chi connectivity index (χ1n) is 7.72. The fourth-order valence-corrected chi connectivity index (χ4v) is 2.36. The molecule has 1 rings (SSSR count). The van der Waals surface area contributed by atoms with E-state index in [1.165, 1.54) is 7.05 Å². The molecule has 0 fully saturated rings. The molecule has 0 heterocycles. The Morgan fingerprint density at radius 1 is 1.13 bits per heavy atom. The van der Waals surface area contributed by atoms with E-state index in [1.54, 1.807) is 0 Å². The van der Waals surface area contributed by atoms with Crippen molar-refractivity contribution in [2.75, 3.05) is 26.7 Å². The van der Waals surface area contributed by atoms with Crippen LogP contribution in [0.3, 0.4) is 0 Å². The van der Waals surface area contributed by atoms with Crippen molar-refractivity contribution in [1.29, 1.82) is 0 Å². The van der Waals surface area contributed by atoms with E-state index in [0.717, 1.165) is 10.5 Å². The molecule has 0 aliphatic rings. The highest BCUT2D eigenvalue weighted by Crippen LogP contribution is 2.09. The molecule has 4 N–H and O–H groups in total. The molecule has 0 radical (unpaired) electrons. The van der Waals surface area contributed by atoms with Gasteiger partial charge in [0.2, 0.25) is 0 Å². The molecule has 7 heteroatoms. The van der Waals surface area contributed by atoms with Crippen LogP contribution in [0.2, 0.25) is 0 Å². The van der Waals surface area contributed by atoms with Gasteiger partial charge in [0.15, 0.2) is 12.6 Å². The molecule has 23 heavy (non-hydrogen) atoms. The summed E-state index contributed by atoms with van der Waals surface area (Å²) < 4.78 is 0. The molecule has 0 bridgehead atoms. The van der Waals surface area contributed by atoms with Crippen molar-refractivity contribution in [1.82, 2.24) is 16.0 Å². The monoisotopic (exact) mass is 321 g/mol. The van der Waals surface area contributed by atoms with Crippen LogP contribution in [0.4, 0.5) is 4.79 Å². The first-order chi connectivity index (χ1) is 11.0. The van der Waals surface area contributed by atoms with Crippen LogP contribution < -0.4 is 20.9 Å². The topological polar surface area (TPSA) is 91.7 Å². The highest BCUT2D eigenvalue weighted by Gasteiger charge is 2.32. The maximum absolute atomic E-state index is 12.5. The molecule has 0 aliphatic heterocycles. The van der Waals surface area contributed by atoms with E-state index in [4.69, 9.17) is 0 Å². The van der Waals surface area contributed by atoms with Gasteiger partial charge in [-0.25, -0.2) is 4.79 Å². The van der Waals surface area contributed by atoms with Gasteiger partial charge in [0.05, 0.1) is 6.54 Å². The largest absolute Gasteiger partial charge is 0.351 e. The number of hydrogen-bond acceptors (Lipinski definition) is 3. The lowest BCUT2D eigenvalue weighted by Crippen LogP contribution is -3.14. The second-order valence-electron chi connectivity index (χ2n) is 5.05. The van der Waals surface area contributed by atoms with Gasteiger partial charge < -0.3 is 15.5 Å². The molecule has 126 valence electrons. The summed E-state index contributed by atoms with van der Waals surface area (Å²) >= 11 is 0. The molecule has 7 nitrogen and oxygen atoms in total. The Morgan fingerprint density at radius 2 is 1.78 bits per heavy atom. The summed E-state index contributed by atoms with van der Waals surface area (Å²) in [6, 6.07) is 7.95. The zero-order valence-electron chi connectivity index (χ0n) is 13.8. The van der Waals surface area contributed by atoms with E-state index >= 15 is 0 Å². The van der Waals surface area contributed by atoms with Gasteiger partial charge in [-0.15, -0.1) is 0 Å². The summed E-state index contributed by atoms with van der Waals surface area (Å²) in [7, 11) is 1.44. The predicted molar refractivity (Wildman–Crippen MR) is 86.8 cm³/mol. The third kappa shape index (κ3) is 5.71. The van der Waals surface area contributed by atoms with Crippen LogP contribution in [-0.4, -0.2) is 44.5 Å². The van der Waals surface area contributed by atoms with Gasteiger partial charge in [-0.05, 0) is 13.8 Å². The summed E-state index contributed by atoms with van der Waals surface area (Å²) in [5.41, 5.74) is 0.759. The number of imide groups is 1. The lowest BCUT2D eigenvalue weighted by Gasteiger charge is -2.26. The van der Waals surface area contributed by atoms with Crippen molar-refractivity contribution in [3.8, 4) is 0 Å². The maximum atomic E-state index is 12.5. The van der Waals surface area contributed by atoms with Crippen molar-refractivity contribution in [2.24, 2.45) is 0 Å². The van der Waals surface area contributed by atoms with Crippen LogP contribution in [0.15, 0.2) is 30.3 Å². The zero-order valence-corrected chi connectivity index (χ0v) is 13.8. The van der Waals surface area contributed by atoms with E-state index in [1.807, 2.05) is 44.2 Å². The van der Waals surface area contributed by atoms with E-state index in [0.29, 0.717) is 13.1 Å². The molecule has 0 aliphatic carbocycles. The number of likely N-dealkylation sites (N-methyl/N-ethyl adjacent to an activating group) is 2. The standard InChI is InChI=1S/C16H24N4O3/c1-4-18-13(21)11-20(5-2)14(12-9-7-6-8-10-12)15(22)19-16(23)17-3/h6-10,14H,4-5,11H2,1-3H3,(H,18,21)(H2,17,19,22,23)/p+1/t14-/m1/s1. The molecule has 0 aromatic heterocycles. The molecule has 0 saturated carbocycles. The maximum Gasteiger partial charge on any atom is 0.321 e. The van der Waals surface area contributed by atoms with E-state index in [-0.39, 0.29) is 12.5 Å². The van der Waals surface area contributed by atoms with Crippen molar-refractivity contribution >= 4 is 17.8 Å². The average Bonchev–Trinajstić information content (AvgIpc) is 2.55.